The van der Waals surface area contributed by atoms with Gasteiger partial charge in [0.1, 0.15) is 0 Å². The molecular formula is C43H30. The summed E-state index contributed by atoms with van der Waals surface area (Å²) in [5.74, 6) is 0. The SMILES string of the molecule is c1ccc(-c2ccccc2Cc2c3ccccc3c(-c3cc(-c4ccccc4)c4ccccc4c3)c3ccccc23)cc1. The highest BCUT2D eigenvalue weighted by Gasteiger charge is 2.18. The molecule has 0 spiro atoms. The first-order chi connectivity index (χ1) is 21.3. The molecule has 0 N–H and O–H groups in total. The minimum absolute atomic E-state index is 0.860. The summed E-state index contributed by atoms with van der Waals surface area (Å²) in [5.41, 5.74) is 10.3. The molecule has 0 heterocycles. The molecule has 0 unspecified atom stereocenters. The van der Waals surface area contributed by atoms with Crippen LogP contribution in [0.4, 0.5) is 0 Å². The molecule has 0 radical (unpaired) electrons. The lowest BCUT2D eigenvalue weighted by molar-refractivity contribution is 1.23. The standard InChI is InChI=1S/C43H30/c1-3-15-30(16-4-1)35-21-9-7-20-33(35)28-42-37-23-11-13-25-39(37)43(40-26-14-12-24-38(40)42)34-27-32-19-8-10-22-36(32)41(29-34)31-17-5-2-6-18-31/h1-27,29H,28H2. The lowest BCUT2D eigenvalue weighted by Gasteiger charge is -2.20. The maximum Gasteiger partial charge on any atom is -0.000728 e. The molecule has 0 amide bonds. The minimum atomic E-state index is 0.860. The van der Waals surface area contributed by atoms with Gasteiger partial charge in [-0.05, 0) is 95.4 Å². The van der Waals surface area contributed by atoms with Gasteiger partial charge in [-0.15, -0.1) is 0 Å². The normalized spacial score (nSPS) is 11.3. The average molecular weight is 547 g/mol. The van der Waals surface area contributed by atoms with E-state index in [0.29, 0.717) is 0 Å². The highest BCUT2D eigenvalue weighted by Crippen LogP contribution is 2.43. The molecule has 8 aromatic rings. The molecule has 0 saturated heterocycles. The Hall–Kier alpha value is -5.46. The van der Waals surface area contributed by atoms with E-state index in [1.165, 1.54) is 76.8 Å². The van der Waals surface area contributed by atoms with Crippen molar-refractivity contribution in [2.75, 3.05) is 0 Å². The van der Waals surface area contributed by atoms with E-state index in [-0.39, 0.29) is 0 Å². The number of benzene rings is 8. The van der Waals surface area contributed by atoms with Gasteiger partial charge in [-0.2, -0.15) is 0 Å². The fourth-order valence-electron chi connectivity index (χ4n) is 6.80. The van der Waals surface area contributed by atoms with Crippen LogP contribution in [0.25, 0.3) is 65.7 Å². The molecule has 8 aromatic carbocycles. The second-order valence-electron chi connectivity index (χ2n) is 11.3. The molecule has 0 aromatic heterocycles. The Morgan fingerprint density at radius 2 is 0.814 bits per heavy atom. The van der Waals surface area contributed by atoms with Crippen LogP contribution in [0.3, 0.4) is 0 Å². The Labute approximate surface area is 252 Å². The van der Waals surface area contributed by atoms with Gasteiger partial charge in [0.2, 0.25) is 0 Å². The summed E-state index contributed by atoms with van der Waals surface area (Å²) in [6, 6.07) is 61.9. The summed E-state index contributed by atoms with van der Waals surface area (Å²) in [6.45, 7) is 0. The van der Waals surface area contributed by atoms with Crippen molar-refractivity contribution < 1.29 is 0 Å². The summed E-state index contributed by atoms with van der Waals surface area (Å²) in [7, 11) is 0. The lowest BCUT2D eigenvalue weighted by Crippen LogP contribution is -1.97. The third kappa shape index (κ3) is 4.49. The van der Waals surface area contributed by atoms with E-state index in [4.69, 9.17) is 0 Å². The molecule has 8 rings (SSSR count). The first kappa shape index (κ1) is 25.3. The molecule has 0 fully saturated rings. The summed E-state index contributed by atoms with van der Waals surface area (Å²) < 4.78 is 0. The molecule has 0 aliphatic carbocycles. The van der Waals surface area contributed by atoms with Gasteiger partial charge in [-0.25, -0.2) is 0 Å². The molecule has 0 bridgehead atoms. The summed E-state index contributed by atoms with van der Waals surface area (Å²) in [6.07, 6.45) is 0.860. The van der Waals surface area contributed by atoms with Crippen LogP contribution in [-0.4, -0.2) is 0 Å². The van der Waals surface area contributed by atoms with Gasteiger partial charge in [0.15, 0.2) is 0 Å². The molecule has 43 heavy (non-hydrogen) atoms. The first-order valence-corrected chi connectivity index (χ1v) is 15.0. The fourth-order valence-corrected chi connectivity index (χ4v) is 6.80. The van der Waals surface area contributed by atoms with Crippen molar-refractivity contribution in [3.63, 3.8) is 0 Å². The number of hydrogen-bond donors (Lipinski definition) is 0. The number of fused-ring (bicyclic) bond motifs is 3. The molecule has 0 aliphatic rings. The van der Waals surface area contributed by atoms with Gasteiger partial charge in [-0.1, -0.05) is 158 Å². The largest absolute Gasteiger partial charge is 0.0622 e. The van der Waals surface area contributed by atoms with Crippen molar-refractivity contribution in [2.45, 2.75) is 6.42 Å². The highest BCUT2D eigenvalue weighted by atomic mass is 14.2. The van der Waals surface area contributed by atoms with Crippen LogP contribution in [0, 0.1) is 0 Å². The Morgan fingerprint density at radius 3 is 1.47 bits per heavy atom. The van der Waals surface area contributed by atoms with E-state index in [1.807, 2.05) is 0 Å². The maximum atomic E-state index is 2.40. The van der Waals surface area contributed by atoms with Crippen molar-refractivity contribution in [3.05, 3.63) is 181 Å². The van der Waals surface area contributed by atoms with E-state index >= 15 is 0 Å². The zero-order chi connectivity index (χ0) is 28.6. The number of rotatable bonds is 5. The van der Waals surface area contributed by atoms with Crippen molar-refractivity contribution in [3.8, 4) is 33.4 Å². The van der Waals surface area contributed by atoms with Gasteiger partial charge < -0.3 is 0 Å². The smallest absolute Gasteiger partial charge is 0.000728 e. The molecular weight excluding hydrogens is 516 g/mol. The van der Waals surface area contributed by atoms with Crippen LogP contribution in [0.1, 0.15) is 11.1 Å². The van der Waals surface area contributed by atoms with Crippen molar-refractivity contribution in [1.82, 2.24) is 0 Å². The van der Waals surface area contributed by atoms with Crippen molar-refractivity contribution in [2.24, 2.45) is 0 Å². The molecule has 0 aliphatic heterocycles. The third-order valence-corrected chi connectivity index (χ3v) is 8.75. The second kappa shape index (κ2) is 10.7. The summed E-state index contributed by atoms with van der Waals surface area (Å²) >= 11 is 0. The average Bonchev–Trinajstić information content (AvgIpc) is 3.09. The topological polar surface area (TPSA) is 0 Å². The van der Waals surface area contributed by atoms with E-state index in [9.17, 15) is 0 Å². The van der Waals surface area contributed by atoms with Crippen LogP contribution < -0.4 is 0 Å². The lowest BCUT2D eigenvalue weighted by atomic mass is 9.84. The monoisotopic (exact) mass is 546 g/mol. The minimum Gasteiger partial charge on any atom is -0.0622 e. The maximum absolute atomic E-state index is 2.40. The van der Waals surface area contributed by atoms with Crippen molar-refractivity contribution >= 4 is 32.3 Å². The van der Waals surface area contributed by atoms with Crippen LogP contribution in [-0.2, 0) is 6.42 Å². The van der Waals surface area contributed by atoms with Gasteiger partial charge in [0.05, 0.1) is 0 Å². The van der Waals surface area contributed by atoms with E-state index in [1.54, 1.807) is 0 Å². The van der Waals surface area contributed by atoms with Crippen LogP contribution in [0.5, 0.6) is 0 Å². The zero-order valence-electron chi connectivity index (χ0n) is 23.9. The molecule has 0 saturated carbocycles. The van der Waals surface area contributed by atoms with Crippen molar-refractivity contribution in [1.29, 1.82) is 0 Å². The predicted octanol–water partition coefficient (Wildman–Crippen LogP) is 11.7. The Kier molecular flexibility index (Phi) is 6.31. The molecule has 0 heteroatoms. The molecule has 0 nitrogen and oxygen atoms in total. The first-order valence-electron chi connectivity index (χ1n) is 15.0. The fraction of sp³-hybridized carbons (Fsp3) is 0.0233. The van der Waals surface area contributed by atoms with Gasteiger partial charge in [0.25, 0.3) is 0 Å². The summed E-state index contributed by atoms with van der Waals surface area (Å²) in [4.78, 5) is 0. The quantitative estimate of drug-likeness (QED) is 0.188. The van der Waals surface area contributed by atoms with Gasteiger partial charge >= 0.3 is 0 Å². The Morgan fingerprint density at radius 1 is 0.326 bits per heavy atom. The van der Waals surface area contributed by atoms with Crippen LogP contribution in [0.2, 0.25) is 0 Å². The highest BCUT2D eigenvalue weighted by molar-refractivity contribution is 6.16. The molecule has 0 atom stereocenters. The second-order valence-corrected chi connectivity index (χ2v) is 11.3. The Balaban J connectivity index is 1.40. The Bertz CT molecular complexity index is 2180. The van der Waals surface area contributed by atoms with E-state index in [0.717, 1.165) is 6.42 Å². The van der Waals surface area contributed by atoms with E-state index < -0.39 is 0 Å². The van der Waals surface area contributed by atoms with Crippen LogP contribution >= 0.6 is 0 Å². The van der Waals surface area contributed by atoms with E-state index in [2.05, 4.69) is 170 Å². The number of hydrogen-bond acceptors (Lipinski definition) is 0. The van der Waals surface area contributed by atoms with Gasteiger partial charge in [-0.3, -0.25) is 0 Å². The van der Waals surface area contributed by atoms with Gasteiger partial charge in [0, 0.05) is 0 Å². The molecule has 202 valence electrons. The van der Waals surface area contributed by atoms with Crippen LogP contribution in [0.15, 0.2) is 170 Å². The third-order valence-electron chi connectivity index (χ3n) is 8.75. The predicted molar refractivity (Wildman–Crippen MR) is 185 cm³/mol. The zero-order valence-corrected chi connectivity index (χ0v) is 23.9. The summed E-state index contributed by atoms with van der Waals surface area (Å²) in [5, 5.41) is 7.75.